The summed E-state index contributed by atoms with van der Waals surface area (Å²) >= 11 is 0. The Labute approximate surface area is 69.3 Å². The van der Waals surface area contributed by atoms with Crippen LogP contribution >= 0.6 is 0 Å². The third-order valence-electron chi connectivity index (χ3n) is 1.88. The standard InChI is InChI=1S/C11H16/c1-3-4-7-11-8-5-6-10(2)9-11/h4-8,10H,3,9H2,1-2H3/b7-4+. The zero-order valence-corrected chi connectivity index (χ0v) is 7.38. The molecule has 0 fully saturated rings. The highest BCUT2D eigenvalue weighted by molar-refractivity contribution is 5.28. The Hall–Kier alpha value is -0.780. The molecule has 60 valence electrons. The first kappa shape index (κ1) is 8.32. The molecule has 11 heavy (non-hydrogen) atoms. The van der Waals surface area contributed by atoms with Crippen molar-refractivity contribution in [1.29, 1.82) is 0 Å². The van der Waals surface area contributed by atoms with Gasteiger partial charge in [0, 0.05) is 0 Å². The van der Waals surface area contributed by atoms with Crippen molar-refractivity contribution in [2.75, 3.05) is 0 Å². The molecule has 0 heterocycles. The van der Waals surface area contributed by atoms with Crippen LogP contribution in [0.3, 0.4) is 0 Å². The molecule has 0 bridgehead atoms. The van der Waals surface area contributed by atoms with E-state index in [0.717, 1.165) is 12.3 Å². The van der Waals surface area contributed by atoms with Gasteiger partial charge in [-0.05, 0) is 24.3 Å². The molecule has 0 heteroatoms. The quantitative estimate of drug-likeness (QED) is 0.562. The number of allylic oxidation sites excluding steroid dienone is 6. The maximum absolute atomic E-state index is 2.25. The van der Waals surface area contributed by atoms with Gasteiger partial charge in [0.2, 0.25) is 0 Å². The Morgan fingerprint density at radius 3 is 3.09 bits per heavy atom. The highest BCUT2D eigenvalue weighted by Crippen LogP contribution is 2.18. The molecule has 1 aliphatic carbocycles. The van der Waals surface area contributed by atoms with E-state index < -0.39 is 0 Å². The van der Waals surface area contributed by atoms with E-state index in [0.29, 0.717) is 0 Å². The molecule has 0 amide bonds. The second kappa shape index (κ2) is 4.17. The lowest BCUT2D eigenvalue weighted by atomic mass is 9.96. The van der Waals surface area contributed by atoms with Crippen molar-refractivity contribution in [3.05, 3.63) is 36.0 Å². The van der Waals surface area contributed by atoms with Gasteiger partial charge in [0.25, 0.3) is 0 Å². The fourth-order valence-corrected chi connectivity index (χ4v) is 1.27. The van der Waals surface area contributed by atoms with Crippen LogP contribution in [0, 0.1) is 5.92 Å². The van der Waals surface area contributed by atoms with Gasteiger partial charge in [0.1, 0.15) is 0 Å². The summed E-state index contributed by atoms with van der Waals surface area (Å²) < 4.78 is 0. The maximum Gasteiger partial charge on any atom is -0.0218 e. The molecule has 0 radical (unpaired) electrons. The van der Waals surface area contributed by atoms with E-state index in [2.05, 4.69) is 44.2 Å². The van der Waals surface area contributed by atoms with Crippen LogP contribution in [0.1, 0.15) is 26.7 Å². The summed E-state index contributed by atoms with van der Waals surface area (Å²) in [4.78, 5) is 0. The van der Waals surface area contributed by atoms with Gasteiger partial charge < -0.3 is 0 Å². The first-order valence-electron chi connectivity index (χ1n) is 4.37. The fraction of sp³-hybridized carbons (Fsp3) is 0.455. The van der Waals surface area contributed by atoms with Gasteiger partial charge >= 0.3 is 0 Å². The van der Waals surface area contributed by atoms with Gasteiger partial charge in [0.05, 0.1) is 0 Å². The molecule has 0 saturated carbocycles. The Morgan fingerprint density at radius 2 is 2.45 bits per heavy atom. The Balaban J connectivity index is 2.52. The van der Waals surface area contributed by atoms with E-state index in [4.69, 9.17) is 0 Å². The molecule has 0 aliphatic heterocycles. The summed E-state index contributed by atoms with van der Waals surface area (Å²) in [5.41, 5.74) is 1.46. The lowest BCUT2D eigenvalue weighted by Gasteiger charge is -2.10. The number of rotatable bonds is 2. The summed E-state index contributed by atoms with van der Waals surface area (Å²) in [5.74, 6) is 0.719. The first-order valence-corrected chi connectivity index (χ1v) is 4.37. The van der Waals surface area contributed by atoms with Crippen molar-refractivity contribution in [1.82, 2.24) is 0 Å². The second-order valence-electron chi connectivity index (χ2n) is 3.12. The third kappa shape index (κ3) is 2.75. The zero-order valence-electron chi connectivity index (χ0n) is 7.38. The largest absolute Gasteiger partial charge is 0.0845 e. The average molecular weight is 148 g/mol. The van der Waals surface area contributed by atoms with Crippen LogP contribution in [0.2, 0.25) is 0 Å². The predicted molar refractivity (Wildman–Crippen MR) is 50.4 cm³/mol. The minimum atomic E-state index is 0.719. The van der Waals surface area contributed by atoms with Crippen LogP contribution in [0.4, 0.5) is 0 Å². The predicted octanol–water partition coefficient (Wildman–Crippen LogP) is 3.48. The molecule has 1 aliphatic rings. The van der Waals surface area contributed by atoms with Crippen molar-refractivity contribution in [2.24, 2.45) is 5.92 Å². The zero-order chi connectivity index (χ0) is 8.10. The normalized spacial score (nSPS) is 24.2. The molecule has 0 aromatic rings. The molecule has 0 saturated heterocycles. The van der Waals surface area contributed by atoms with E-state index >= 15 is 0 Å². The molecule has 0 nitrogen and oxygen atoms in total. The lowest BCUT2D eigenvalue weighted by molar-refractivity contribution is 0.717. The van der Waals surface area contributed by atoms with E-state index in [1.165, 1.54) is 12.0 Å². The molecule has 0 aromatic carbocycles. The summed E-state index contributed by atoms with van der Waals surface area (Å²) in [5, 5.41) is 0. The van der Waals surface area contributed by atoms with Gasteiger partial charge in [-0.15, -0.1) is 0 Å². The summed E-state index contributed by atoms with van der Waals surface area (Å²) in [6.45, 7) is 4.42. The summed E-state index contributed by atoms with van der Waals surface area (Å²) in [7, 11) is 0. The van der Waals surface area contributed by atoms with Crippen LogP contribution in [0.5, 0.6) is 0 Å². The van der Waals surface area contributed by atoms with Gasteiger partial charge in [-0.25, -0.2) is 0 Å². The molecule has 1 rings (SSSR count). The van der Waals surface area contributed by atoms with Gasteiger partial charge in [0.15, 0.2) is 0 Å². The third-order valence-corrected chi connectivity index (χ3v) is 1.88. The lowest BCUT2D eigenvalue weighted by Crippen LogP contribution is -1.94. The fourth-order valence-electron chi connectivity index (χ4n) is 1.27. The number of hydrogen-bond donors (Lipinski definition) is 0. The van der Waals surface area contributed by atoms with Crippen LogP contribution in [-0.2, 0) is 0 Å². The second-order valence-corrected chi connectivity index (χ2v) is 3.12. The molecule has 1 atom stereocenters. The van der Waals surface area contributed by atoms with E-state index in [1.54, 1.807) is 0 Å². The minimum Gasteiger partial charge on any atom is -0.0845 e. The van der Waals surface area contributed by atoms with Gasteiger partial charge in [-0.2, -0.15) is 0 Å². The molecular weight excluding hydrogens is 132 g/mol. The summed E-state index contributed by atoms with van der Waals surface area (Å²) in [6, 6.07) is 0. The Bertz CT molecular complexity index is 194. The molecular formula is C11H16. The summed E-state index contributed by atoms with van der Waals surface area (Å²) in [6.07, 6.45) is 13.4. The molecule has 0 spiro atoms. The van der Waals surface area contributed by atoms with Crippen molar-refractivity contribution in [2.45, 2.75) is 26.7 Å². The topological polar surface area (TPSA) is 0 Å². The Morgan fingerprint density at radius 1 is 1.64 bits per heavy atom. The van der Waals surface area contributed by atoms with Crippen molar-refractivity contribution < 1.29 is 0 Å². The smallest absolute Gasteiger partial charge is 0.0218 e. The molecule has 0 N–H and O–H groups in total. The number of hydrogen-bond acceptors (Lipinski definition) is 0. The average Bonchev–Trinajstić information content (AvgIpc) is 2.01. The van der Waals surface area contributed by atoms with Gasteiger partial charge in [-0.1, -0.05) is 44.2 Å². The highest BCUT2D eigenvalue weighted by Gasteiger charge is 2.02. The molecule has 0 aromatic heterocycles. The van der Waals surface area contributed by atoms with Crippen molar-refractivity contribution in [3.8, 4) is 0 Å². The first-order chi connectivity index (χ1) is 5.33. The van der Waals surface area contributed by atoms with Crippen molar-refractivity contribution >= 4 is 0 Å². The molecule has 1 unspecified atom stereocenters. The van der Waals surface area contributed by atoms with E-state index in [-0.39, 0.29) is 0 Å². The van der Waals surface area contributed by atoms with E-state index in [9.17, 15) is 0 Å². The maximum atomic E-state index is 2.25. The minimum absolute atomic E-state index is 0.719. The monoisotopic (exact) mass is 148 g/mol. The van der Waals surface area contributed by atoms with E-state index in [1.807, 2.05) is 0 Å². The van der Waals surface area contributed by atoms with Crippen LogP contribution in [0.25, 0.3) is 0 Å². The van der Waals surface area contributed by atoms with Crippen LogP contribution in [0.15, 0.2) is 36.0 Å². The van der Waals surface area contributed by atoms with Gasteiger partial charge in [-0.3, -0.25) is 0 Å². The van der Waals surface area contributed by atoms with Crippen molar-refractivity contribution in [3.63, 3.8) is 0 Å². The highest BCUT2D eigenvalue weighted by atomic mass is 14.1. The Kier molecular flexibility index (Phi) is 3.15. The van der Waals surface area contributed by atoms with Crippen LogP contribution < -0.4 is 0 Å². The van der Waals surface area contributed by atoms with Crippen LogP contribution in [-0.4, -0.2) is 0 Å². The SMILES string of the molecule is CC/C=C/C1=CC=CC(C)C1.